The average molecular weight is 285 g/mol. The van der Waals surface area contributed by atoms with E-state index < -0.39 is 18.1 Å². The molecule has 2 atom stereocenters. The lowest BCUT2D eigenvalue weighted by Gasteiger charge is -2.24. The second kappa shape index (κ2) is 6.65. The Morgan fingerprint density at radius 1 is 1.53 bits per heavy atom. The summed E-state index contributed by atoms with van der Waals surface area (Å²) in [6, 6.07) is 3.09. The highest BCUT2D eigenvalue weighted by Gasteiger charge is 2.26. The maximum absolute atomic E-state index is 12.0. The molecule has 19 heavy (non-hydrogen) atoms. The summed E-state index contributed by atoms with van der Waals surface area (Å²) in [5.74, 6) is -1.29. The van der Waals surface area contributed by atoms with Gasteiger partial charge in [-0.3, -0.25) is 9.59 Å². The molecule has 1 aliphatic heterocycles. The number of hydrogen-bond donors (Lipinski definition) is 2. The number of amides is 1. The lowest BCUT2D eigenvalue weighted by Crippen LogP contribution is -2.44. The molecular formula is C12H15NO5S. The Kier molecular flexibility index (Phi) is 4.89. The summed E-state index contributed by atoms with van der Waals surface area (Å²) >= 11 is 1.41. The van der Waals surface area contributed by atoms with E-state index in [2.05, 4.69) is 5.32 Å². The van der Waals surface area contributed by atoms with Gasteiger partial charge in [0.05, 0.1) is 32.3 Å². The first-order valence-electron chi connectivity index (χ1n) is 5.91. The Hall–Kier alpha value is -1.44. The minimum absolute atomic E-state index is 0.153. The van der Waals surface area contributed by atoms with Crippen LogP contribution in [0.3, 0.4) is 0 Å². The zero-order chi connectivity index (χ0) is 13.7. The van der Waals surface area contributed by atoms with Crippen LogP contribution in [0.15, 0.2) is 17.5 Å². The highest BCUT2D eigenvalue weighted by atomic mass is 32.1. The van der Waals surface area contributed by atoms with Crippen LogP contribution in [-0.4, -0.2) is 42.9 Å². The predicted octanol–water partition coefficient (Wildman–Crippen LogP) is 0.796. The Bertz CT molecular complexity index is 427. The summed E-state index contributed by atoms with van der Waals surface area (Å²) in [5.41, 5.74) is 0. The Morgan fingerprint density at radius 3 is 2.95 bits per heavy atom. The van der Waals surface area contributed by atoms with Crippen LogP contribution in [0, 0.1) is 0 Å². The molecule has 0 radical (unpaired) electrons. The second-order valence-corrected chi connectivity index (χ2v) is 5.09. The largest absolute Gasteiger partial charge is 0.481 e. The maximum Gasteiger partial charge on any atom is 0.305 e. The highest BCUT2D eigenvalue weighted by Crippen LogP contribution is 2.22. The van der Waals surface area contributed by atoms with Gasteiger partial charge in [0.1, 0.15) is 0 Å². The van der Waals surface area contributed by atoms with Crippen LogP contribution in [0.2, 0.25) is 0 Å². The Balaban J connectivity index is 1.99. The van der Waals surface area contributed by atoms with Gasteiger partial charge in [0.25, 0.3) is 5.91 Å². The van der Waals surface area contributed by atoms with Crippen LogP contribution < -0.4 is 5.32 Å². The molecule has 0 aliphatic carbocycles. The predicted molar refractivity (Wildman–Crippen MR) is 68.0 cm³/mol. The van der Waals surface area contributed by atoms with E-state index >= 15 is 0 Å². The summed E-state index contributed by atoms with van der Waals surface area (Å²) < 4.78 is 10.4. The fraction of sp³-hybridized carbons (Fsp3) is 0.500. The summed E-state index contributed by atoms with van der Waals surface area (Å²) in [6.45, 7) is 1.06. The molecule has 2 rings (SSSR count). The van der Waals surface area contributed by atoms with Gasteiger partial charge < -0.3 is 19.9 Å². The van der Waals surface area contributed by atoms with Gasteiger partial charge in [-0.1, -0.05) is 6.07 Å². The molecule has 1 aromatic rings. The smallest absolute Gasteiger partial charge is 0.305 e. The number of rotatable bonds is 5. The quantitative estimate of drug-likeness (QED) is 0.835. The first kappa shape index (κ1) is 14.0. The minimum Gasteiger partial charge on any atom is -0.481 e. The molecule has 1 aliphatic rings. The normalized spacial score (nSPS) is 20.7. The molecule has 0 spiro atoms. The second-order valence-electron chi connectivity index (χ2n) is 4.11. The van der Waals surface area contributed by atoms with E-state index in [1.807, 2.05) is 11.4 Å². The molecule has 0 saturated carbocycles. The van der Waals surface area contributed by atoms with Crippen molar-refractivity contribution in [2.75, 3.05) is 19.8 Å². The average Bonchev–Trinajstić information content (AvgIpc) is 2.92. The number of carboxylic acid groups (broad SMARTS) is 1. The molecule has 1 aromatic heterocycles. The molecule has 104 valence electrons. The molecular weight excluding hydrogens is 270 g/mol. The van der Waals surface area contributed by atoms with Crippen molar-refractivity contribution in [3.8, 4) is 0 Å². The minimum atomic E-state index is -0.959. The molecule has 1 amide bonds. The number of thiophene rings is 1. The summed E-state index contributed by atoms with van der Waals surface area (Å²) in [6.07, 6.45) is -0.815. The lowest BCUT2D eigenvalue weighted by atomic mass is 10.1. The van der Waals surface area contributed by atoms with Crippen LogP contribution >= 0.6 is 11.3 Å². The number of nitrogens with one attached hydrogen (secondary N) is 1. The van der Waals surface area contributed by atoms with Crippen LogP contribution in [0.25, 0.3) is 0 Å². The van der Waals surface area contributed by atoms with Gasteiger partial charge in [-0.25, -0.2) is 0 Å². The highest BCUT2D eigenvalue weighted by molar-refractivity contribution is 7.10. The summed E-state index contributed by atoms with van der Waals surface area (Å²) in [4.78, 5) is 23.7. The van der Waals surface area contributed by atoms with E-state index in [4.69, 9.17) is 14.6 Å². The van der Waals surface area contributed by atoms with Gasteiger partial charge in [-0.05, 0) is 11.4 Å². The van der Waals surface area contributed by atoms with Crippen molar-refractivity contribution >= 4 is 23.2 Å². The third-order valence-corrected chi connectivity index (χ3v) is 3.68. The number of ether oxygens (including phenoxy) is 2. The number of carboxylic acids is 1. The fourth-order valence-electron chi connectivity index (χ4n) is 1.79. The fourth-order valence-corrected chi connectivity index (χ4v) is 2.57. The number of carbonyl (C=O) groups excluding carboxylic acids is 1. The van der Waals surface area contributed by atoms with Gasteiger partial charge in [-0.2, -0.15) is 0 Å². The number of hydrogen-bond acceptors (Lipinski definition) is 5. The third kappa shape index (κ3) is 4.02. The zero-order valence-electron chi connectivity index (χ0n) is 10.2. The number of aliphatic carboxylic acids is 1. The van der Waals surface area contributed by atoms with Crippen molar-refractivity contribution in [3.63, 3.8) is 0 Å². The van der Waals surface area contributed by atoms with Gasteiger partial charge >= 0.3 is 5.97 Å². The van der Waals surface area contributed by atoms with Gasteiger partial charge in [-0.15, -0.1) is 11.3 Å². The topological polar surface area (TPSA) is 84.9 Å². The van der Waals surface area contributed by atoms with E-state index in [9.17, 15) is 9.59 Å². The van der Waals surface area contributed by atoms with E-state index in [1.54, 1.807) is 6.07 Å². The molecule has 7 heteroatoms. The van der Waals surface area contributed by atoms with Crippen molar-refractivity contribution < 1.29 is 24.2 Å². The standard InChI is InChI=1S/C12H15NO5S/c14-11(15)6-8(10-2-1-5-19-10)13-12(16)9-7-17-3-4-18-9/h1-2,5,8-9H,3-4,6-7H2,(H,13,16)(H,14,15)/t8-,9-/m1/s1. The van der Waals surface area contributed by atoms with Gasteiger partial charge in [0, 0.05) is 4.88 Å². The van der Waals surface area contributed by atoms with Crippen molar-refractivity contribution in [3.05, 3.63) is 22.4 Å². The van der Waals surface area contributed by atoms with E-state index in [0.29, 0.717) is 13.2 Å². The first-order chi connectivity index (χ1) is 9.16. The number of carbonyl (C=O) groups is 2. The van der Waals surface area contributed by atoms with Crippen LogP contribution in [-0.2, 0) is 19.1 Å². The lowest BCUT2D eigenvalue weighted by molar-refractivity contribution is -0.148. The molecule has 0 unspecified atom stereocenters. The monoisotopic (exact) mass is 285 g/mol. The molecule has 1 saturated heterocycles. The van der Waals surface area contributed by atoms with E-state index in [1.165, 1.54) is 11.3 Å². The molecule has 0 aromatic carbocycles. The molecule has 2 N–H and O–H groups in total. The van der Waals surface area contributed by atoms with Crippen LogP contribution in [0.1, 0.15) is 17.3 Å². The van der Waals surface area contributed by atoms with Crippen LogP contribution in [0.5, 0.6) is 0 Å². The summed E-state index contributed by atoms with van der Waals surface area (Å²) in [7, 11) is 0. The van der Waals surface area contributed by atoms with Crippen molar-refractivity contribution in [1.82, 2.24) is 5.32 Å². The van der Waals surface area contributed by atoms with E-state index in [-0.39, 0.29) is 18.9 Å². The van der Waals surface area contributed by atoms with E-state index in [0.717, 1.165) is 4.88 Å². The SMILES string of the molecule is O=C(O)C[C@@H](NC(=O)[C@H]1COCCO1)c1cccs1. The molecule has 6 nitrogen and oxygen atoms in total. The molecule has 1 fully saturated rings. The Morgan fingerprint density at radius 2 is 2.37 bits per heavy atom. The first-order valence-corrected chi connectivity index (χ1v) is 6.79. The van der Waals surface area contributed by atoms with Crippen molar-refractivity contribution in [2.24, 2.45) is 0 Å². The third-order valence-electron chi connectivity index (χ3n) is 2.69. The molecule has 2 heterocycles. The van der Waals surface area contributed by atoms with Gasteiger partial charge in [0.15, 0.2) is 6.10 Å². The summed E-state index contributed by atoms with van der Waals surface area (Å²) in [5, 5.41) is 13.5. The maximum atomic E-state index is 12.0. The van der Waals surface area contributed by atoms with Gasteiger partial charge in [0.2, 0.25) is 0 Å². The van der Waals surface area contributed by atoms with Crippen molar-refractivity contribution in [2.45, 2.75) is 18.6 Å². The van der Waals surface area contributed by atoms with Crippen LogP contribution in [0.4, 0.5) is 0 Å². The Labute approximate surface area is 114 Å². The molecule has 0 bridgehead atoms. The van der Waals surface area contributed by atoms with Crippen molar-refractivity contribution in [1.29, 1.82) is 0 Å². The zero-order valence-corrected chi connectivity index (χ0v) is 11.0.